The minimum absolute atomic E-state index is 0.114. The second-order valence-electron chi connectivity index (χ2n) is 7.38. The number of likely N-dealkylation sites (tertiary alicyclic amines) is 1. The summed E-state index contributed by atoms with van der Waals surface area (Å²) in [5.41, 5.74) is 0.698. The van der Waals surface area contributed by atoms with Crippen LogP contribution in [-0.2, 0) is 4.74 Å². The average Bonchev–Trinajstić information content (AvgIpc) is 2.65. The van der Waals surface area contributed by atoms with Gasteiger partial charge in [0.15, 0.2) is 0 Å². The Morgan fingerprint density at radius 2 is 1.84 bits per heavy atom. The van der Waals surface area contributed by atoms with Crippen molar-refractivity contribution in [3.05, 3.63) is 23.9 Å². The topological polar surface area (TPSA) is 57.7 Å². The summed E-state index contributed by atoms with van der Waals surface area (Å²) >= 11 is 0. The van der Waals surface area contributed by atoms with Crippen molar-refractivity contribution in [3.8, 4) is 0 Å². The summed E-state index contributed by atoms with van der Waals surface area (Å²) < 4.78 is 5.43. The number of aromatic nitrogens is 1. The smallest absolute Gasteiger partial charge is 0.255 e. The molecule has 2 aliphatic heterocycles. The van der Waals surface area contributed by atoms with Crippen molar-refractivity contribution >= 4 is 11.7 Å². The lowest BCUT2D eigenvalue weighted by Gasteiger charge is -2.40. The molecule has 6 nitrogen and oxygen atoms in total. The van der Waals surface area contributed by atoms with E-state index in [0.717, 1.165) is 58.1 Å². The van der Waals surface area contributed by atoms with Gasteiger partial charge in [0.05, 0.1) is 18.8 Å². The van der Waals surface area contributed by atoms with Gasteiger partial charge in [0, 0.05) is 44.5 Å². The van der Waals surface area contributed by atoms with Crippen LogP contribution in [-0.4, -0.2) is 72.2 Å². The maximum atomic E-state index is 12.7. The number of hydrogen-bond acceptors (Lipinski definition) is 5. The Labute approximate surface area is 149 Å². The molecule has 1 aliphatic carbocycles. The largest absolute Gasteiger partial charge is 0.379 e. The van der Waals surface area contributed by atoms with Gasteiger partial charge in [0.2, 0.25) is 0 Å². The summed E-state index contributed by atoms with van der Waals surface area (Å²) in [4.78, 5) is 21.6. The number of morpholine rings is 1. The van der Waals surface area contributed by atoms with Crippen LogP contribution >= 0.6 is 0 Å². The Bertz CT molecular complexity index is 574. The highest BCUT2D eigenvalue weighted by Crippen LogP contribution is 2.23. The lowest BCUT2D eigenvalue weighted by Crippen LogP contribution is -2.50. The molecule has 1 saturated carbocycles. The van der Waals surface area contributed by atoms with Crippen molar-refractivity contribution in [1.29, 1.82) is 0 Å². The molecular weight excluding hydrogens is 316 g/mol. The number of anilines is 1. The van der Waals surface area contributed by atoms with E-state index in [4.69, 9.17) is 4.74 Å². The van der Waals surface area contributed by atoms with Gasteiger partial charge in [0.25, 0.3) is 5.91 Å². The maximum Gasteiger partial charge on any atom is 0.255 e. The third-order valence-electron chi connectivity index (χ3n) is 5.78. The molecule has 1 aromatic heterocycles. The van der Waals surface area contributed by atoms with Crippen molar-refractivity contribution < 1.29 is 9.53 Å². The molecule has 3 heterocycles. The number of piperidine rings is 1. The standard InChI is InChI=1S/C19H28N4O2/c24-19(15-4-5-18(20-14-15)21-16-2-1-3-16)23-8-6-17(7-9-23)22-10-12-25-13-11-22/h4-5,14,16-17H,1-3,6-13H2,(H,20,21). The van der Waals surface area contributed by atoms with Gasteiger partial charge in [-0.25, -0.2) is 4.98 Å². The number of ether oxygens (including phenoxy) is 1. The average molecular weight is 344 g/mol. The zero-order valence-corrected chi connectivity index (χ0v) is 14.8. The Kier molecular flexibility index (Phi) is 5.17. The van der Waals surface area contributed by atoms with Crippen molar-refractivity contribution in [1.82, 2.24) is 14.8 Å². The van der Waals surface area contributed by atoms with Crippen LogP contribution in [0.3, 0.4) is 0 Å². The number of nitrogens with one attached hydrogen (secondary N) is 1. The Morgan fingerprint density at radius 3 is 2.44 bits per heavy atom. The Hall–Kier alpha value is -1.66. The van der Waals surface area contributed by atoms with Crippen LogP contribution in [0.1, 0.15) is 42.5 Å². The zero-order valence-electron chi connectivity index (χ0n) is 14.8. The lowest BCUT2D eigenvalue weighted by molar-refractivity contribution is 0.00158. The van der Waals surface area contributed by atoms with E-state index in [1.165, 1.54) is 19.3 Å². The minimum atomic E-state index is 0.114. The fourth-order valence-electron chi connectivity index (χ4n) is 3.93. The molecule has 0 radical (unpaired) electrons. The van der Waals surface area contributed by atoms with Gasteiger partial charge in [0.1, 0.15) is 5.82 Å². The monoisotopic (exact) mass is 344 g/mol. The van der Waals surface area contributed by atoms with Gasteiger partial charge in [-0.1, -0.05) is 0 Å². The number of amides is 1. The van der Waals surface area contributed by atoms with E-state index >= 15 is 0 Å². The van der Waals surface area contributed by atoms with Gasteiger partial charge in [-0.05, 0) is 44.2 Å². The van der Waals surface area contributed by atoms with E-state index in [1.54, 1.807) is 6.20 Å². The molecule has 1 aromatic rings. The molecule has 0 spiro atoms. The molecule has 136 valence electrons. The molecule has 1 N–H and O–H groups in total. The van der Waals surface area contributed by atoms with E-state index in [1.807, 2.05) is 17.0 Å². The molecule has 0 unspecified atom stereocenters. The number of carbonyl (C=O) groups excluding carboxylic acids is 1. The SMILES string of the molecule is O=C(c1ccc(NC2CCC2)nc1)N1CCC(N2CCOCC2)CC1. The van der Waals surface area contributed by atoms with Crippen LogP contribution < -0.4 is 5.32 Å². The molecule has 0 atom stereocenters. The molecule has 3 fully saturated rings. The molecule has 0 aromatic carbocycles. The normalized spacial score (nSPS) is 23.3. The van der Waals surface area contributed by atoms with E-state index < -0.39 is 0 Å². The third kappa shape index (κ3) is 3.96. The Balaban J connectivity index is 1.29. The summed E-state index contributed by atoms with van der Waals surface area (Å²) in [6, 6.07) is 5.00. The van der Waals surface area contributed by atoms with Crippen molar-refractivity contribution in [3.63, 3.8) is 0 Å². The fourth-order valence-corrected chi connectivity index (χ4v) is 3.93. The van der Waals surface area contributed by atoms with Gasteiger partial charge >= 0.3 is 0 Å². The van der Waals surface area contributed by atoms with E-state index in [-0.39, 0.29) is 5.91 Å². The minimum Gasteiger partial charge on any atom is -0.379 e. The fraction of sp³-hybridized carbons (Fsp3) is 0.684. The van der Waals surface area contributed by atoms with E-state index in [0.29, 0.717) is 17.6 Å². The molecule has 25 heavy (non-hydrogen) atoms. The van der Waals surface area contributed by atoms with Crippen LogP contribution in [0.5, 0.6) is 0 Å². The molecule has 3 aliphatic rings. The number of rotatable bonds is 4. The molecule has 4 rings (SSSR count). The predicted molar refractivity (Wildman–Crippen MR) is 96.8 cm³/mol. The summed E-state index contributed by atoms with van der Waals surface area (Å²) in [7, 11) is 0. The van der Waals surface area contributed by atoms with E-state index in [2.05, 4.69) is 15.2 Å². The number of nitrogens with zero attached hydrogens (tertiary/aromatic N) is 3. The first-order valence-electron chi connectivity index (χ1n) is 9.63. The molecule has 0 bridgehead atoms. The molecule has 1 amide bonds. The molecule has 2 saturated heterocycles. The van der Waals surface area contributed by atoms with Crippen LogP contribution in [0.25, 0.3) is 0 Å². The summed E-state index contributed by atoms with van der Waals surface area (Å²) in [5.74, 6) is 0.996. The van der Waals surface area contributed by atoms with Crippen LogP contribution in [0.4, 0.5) is 5.82 Å². The van der Waals surface area contributed by atoms with E-state index in [9.17, 15) is 4.79 Å². The zero-order chi connectivity index (χ0) is 17.1. The van der Waals surface area contributed by atoms with Crippen molar-refractivity contribution in [2.45, 2.75) is 44.2 Å². The highest BCUT2D eigenvalue weighted by atomic mass is 16.5. The third-order valence-corrected chi connectivity index (χ3v) is 5.78. The first-order valence-corrected chi connectivity index (χ1v) is 9.63. The van der Waals surface area contributed by atoms with Gasteiger partial charge in [-0.2, -0.15) is 0 Å². The second-order valence-corrected chi connectivity index (χ2v) is 7.38. The van der Waals surface area contributed by atoms with Crippen molar-refractivity contribution in [2.75, 3.05) is 44.7 Å². The Morgan fingerprint density at radius 1 is 1.08 bits per heavy atom. The molecule has 6 heteroatoms. The summed E-state index contributed by atoms with van der Waals surface area (Å²) in [6.07, 6.45) is 7.58. The highest BCUT2D eigenvalue weighted by molar-refractivity contribution is 5.94. The van der Waals surface area contributed by atoms with Gasteiger partial charge in [-0.3, -0.25) is 9.69 Å². The van der Waals surface area contributed by atoms with Gasteiger partial charge in [-0.15, -0.1) is 0 Å². The number of pyridine rings is 1. The number of carbonyl (C=O) groups is 1. The van der Waals surface area contributed by atoms with Gasteiger partial charge < -0.3 is 15.0 Å². The second kappa shape index (κ2) is 7.70. The first-order chi connectivity index (χ1) is 12.3. The highest BCUT2D eigenvalue weighted by Gasteiger charge is 2.28. The van der Waals surface area contributed by atoms with Crippen LogP contribution in [0.15, 0.2) is 18.3 Å². The van der Waals surface area contributed by atoms with Crippen molar-refractivity contribution in [2.24, 2.45) is 0 Å². The summed E-state index contributed by atoms with van der Waals surface area (Å²) in [6.45, 7) is 5.40. The van der Waals surface area contributed by atoms with Crippen LogP contribution in [0.2, 0.25) is 0 Å². The quantitative estimate of drug-likeness (QED) is 0.905. The predicted octanol–water partition coefficient (Wildman–Crippen LogP) is 1.98. The summed E-state index contributed by atoms with van der Waals surface area (Å²) in [5, 5.41) is 3.41. The first kappa shape index (κ1) is 16.8. The maximum absolute atomic E-state index is 12.7. The number of hydrogen-bond donors (Lipinski definition) is 1. The molecular formula is C19H28N4O2. The van der Waals surface area contributed by atoms with Crippen LogP contribution in [0, 0.1) is 0 Å². The lowest BCUT2D eigenvalue weighted by atomic mass is 9.93.